The minimum atomic E-state index is -0.327. The van der Waals surface area contributed by atoms with Crippen LogP contribution < -0.4 is 15.0 Å². The van der Waals surface area contributed by atoms with Crippen molar-refractivity contribution in [1.29, 1.82) is 0 Å². The van der Waals surface area contributed by atoms with E-state index in [4.69, 9.17) is 4.74 Å². The van der Waals surface area contributed by atoms with Crippen LogP contribution in [0, 0.1) is 13.8 Å². The zero-order valence-electron chi connectivity index (χ0n) is 16.7. The first kappa shape index (κ1) is 19.7. The Morgan fingerprint density at radius 2 is 1.71 bits per heavy atom. The van der Waals surface area contributed by atoms with Gasteiger partial charge in [-0.3, -0.25) is 9.59 Å². The third-order valence-corrected chi connectivity index (χ3v) is 5.24. The van der Waals surface area contributed by atoms with Crippen LogP contribution >= 0.6 is 0 Å². The fourth-order valence-electron chi connectivity index (χ4n) is 3.47. The highest BCUT2D eigenvalue weighted by Gasteiger charge is 2.24. The van der Waals surface area contributed by atoms with Crippen molar-refractivity contribution >= 4 is 23.2 Å². The van der Waals surface area contributed by atoms with Crippen LogP contribution in [0.4, 0.5) is 11.4 Å². The molecular formula is C22H27N3O3. The number of anilines is 2. The molecule has 0 spiro atoms. The summed E-state index contributed by atoms with van der Waals surface area (Å²) in [6.07, 6.45) is -0.165. The monoisotopic (exact) mass is 381 g/mol. The zero-order valence-corrected chi connectivity index (χ0v) is 16.7. The molecule has 0 aromatic heterocycles. The van der Waals surface area contributed by atoms with Crippen molar-refractivity contribution in [2.45, 2.75) is 20.3 Å². The summed E-state index contributed by atoms with van der Waals surface area (Å²) < 4.78 is 5.22. The van der Waals surface area contributed by atoms with Crippen LogP contribution in [0.25, 0.3) is 0 Å². The molecule has 6 heteroatoms. The van der Waals surface area contributed by atoms with Crippen molar-refractivity contribution in [1.82, 2.24) is 4.90 Å². The summed E-state index contributed by atoms with van der Waals surface area (Å²) in [5, 5.41) is 2.76. The largest absolute Gasteiger partial charge is 0.495 e. The molecule has 0 atom stereocenters. The van der Waals surface area contributed by atoms with Gasteiger partial charge in [-0.2, -0.15) is 0 Å². The van der Waals surface area contributed by atoms with Gasteiger partial charge in [0, 0.05) is 31.9 Å². The number of rotatable bonds is 5. The average molecular weight is 381 g/mol. The maximum atomic E-state index is 12.5. The number of carbonyl (C=O) groups is 2. The standard InChI is InChI=1S/C22H27N3O3/c1-16-7-6-9-19(17(16)2)24-11-13-25(14-12-24)22(27)15-21(26)23-18-8-4-5-10-20(18)28-3/h4-10H,11-15H2,1-3H3,(H,23,26). The van der Waals surface area contributed by atoms with Gasteiger partial charge in [0.2, 0.25) is 11.8 Å². The molecule has 0 saturated carbocycles. The second-order valence-electron chi connectivity index (χ2n) is 7.01. The summed E-state index contributed by atoms with van der Waals surface area (Å²) in [5.74, 6) is 0.102. The number of nitrogens with one attached hydrogen (secondary N) is 1. The Bertz CT molecular complexity index is 858. The lowest BCUT2D eigenvalue weighted by atomic mass is 10.1. The Kier molecular flexibility index (Phi) is 6.19. The van der Waals surface area contributed by atoms with E-state index in [1.54, 1.807) is 24.1 Å². The fourth-order valence-corrected chi connectivity index (χ4v) is 3.47. The molecule has 28 heavy (non-hydrogen) atoms. The first-order chi connectivity index (χ1) is 13.5. The molecule has 1 aliphatic rings. The SMILES string of the molecule is COc1ccccc1NC(=O)CC(=O)N1CCN(c2cccc(C)c2C)CC1. The number of methoxy groups -OCH3 is 1. The van der Waals surface area contributed by atoms with Crippen molar-refractivity contribution in [3.05, 3.63) is 53.6 Å². The van der Waals surface area contributed by atoms with Crippen molar-refractivity contribution in [3.8, 4) is 5.75 Å². The highest BCUT2D eigenvalue weighted by molar-refractivity contribution is 6.04. The van der Waals surface area contributed by atoms with Gasteiger partial charge in [0.1, 0.15) is 12.2 Å². The van der Waals surface area contributed by atoms with E-state index in [-0.39, 0.29) is 18.2 Å². The van der Waals surface area contributed by atoms with E-state index >= 15 is 0 Å². The van der Waals surface area contributed by atoms with E-state index in [0.717, 1.165) is 13.1 Å². The first-order valence-corrected chi connectivity index (χ1v) is 9.51. The van der Waals surface area contributed by atoms with Crippen LogP contribution in [0.1, 0.15) is 17.5 Å². The third kappa shape index (κ3) is 4.44. The van der Waals surface area contributed by atoms with E-state index in [2.05, 4.69) is 42.3 Å². The number of nitrogens with zero attached hydrogens (tertiary/aromatic N) is 2. The van der Waals surface area contributed by atoms with E-state index in [0.29, 0.717) is 24.5 Å². The summed E-state index contributed by atoms with van der Waals surface area (Å²) in [5.41, 5.74) is 4.34. The van der Waals surface area contributed by atoms with Crippen LogP contribution in [0.2, 0.25) is 0 Å². The predicted molar refractivity (Wildman–Crippen MR) is 111 cm³/mol. The normalized spacial score (nSPS) is 14.0. The number of carbonyl (C=O) groups excluding carboxylic acids is 2. The van der Waals surface area contributed by atoms with Gasteiger partial charge in [-0.1, -0.05) is 24.3 Å². The van der Waals surface area contributed by atoms with Gasteiger partial charge in [0.05, 0.1) is 12.8 Å². The lowest BCUT2D eigenvalue weighted by Crippen LogP contribution is -2.49. The second-order valence-corrected chi connectivity index (χ2v) is 7.01. The van der Waals surface area contributed by atoms with Crippen molar-refractivity contribution in [2.75, 3.05) is 43.5 Å². The molecule has 1 heterocycles. The van der Waals surface area contributed by atoms with Gasteiger partial charge < -0.3 is 19.9 Å². The summed E-state index contributed by atoms with van der Waals surface area (Å²) >= 11 is 0. The van der Waals surface area contributed by atoms with Crippen LogP contribution in [0.3, 0.4) is 0 Å². The summed E-state index contributed by atoms with van der Waals surface area (Å²) in [4.78, 5) is 28.9. The molecule has 6 nitrogen and oxygen atoms in total. The number of hydrogen-bond donors (Lipinski definition) is 1. The molecule has 1 aliphatic heterocycles. The van der Waals surface area contributed by atoms with Crippen molar-refractivity contribution in [2.24, 2.45) is 0 Å². The van der Waals surface area contributed by atoms with E-state index < -0.39 is 0 Å². The first-order valence-electron chi connectivity index (χ1n) is 9.51. The Morgan fingerprint density at radius 3 is 2.43 bits per heavy atom. The van der Waals surface area contributed by atoms with Gasteiger partial charge in [0.15, 0.2) is 0 Å². The minimum absolute atomic E-state index is 0.145. The predicted octanol–water partition coefficient (Wildman–Crippen LogP) is 2.99. The number of benzene rings is 2. The molecule has 0 unspecified atom stereocenters. The molecule has 148 valence electrons. The number of ether oxygens (including phenoxy) is 1. The lowest BCUT2D eigenvalue weighted by molar-refractivity contribution is -0.134. The van der Waals surface area contributed by atoms with Crippen LogP contribution in [0.15, 0.2) is 42.5 Å². The number of piperazine rings is 1. The molecule has 1 N–H and O–H groups in total. The number of aryl methyl sites for hydroxylation is 1. The molecule has 2 amide bonds. The van der Waals surface area contributed by atoms with E-state index in [1.165, 1.54) is 16.8 Å². The molecule has 1 saturated heterocycles. The zero-order chi connectivity index (χ0) is 20.1. The number of para-hydroxylation sites is 2. The minimum Gasteiger partial charge on any atom is -0.495 e. The smallest absolute Gasteiger partial charge is 0.233 e. The highest BCUT2D eigenvalue weighted by Crippen LogP contribution is 2.25. The summed E-state index contributed by atoms with van der Waals surface area (Å²) in [6, 6.07) is 13.5. The Morgan fingerprint density at radius 1 is 1.00 bits per heavy atom. The van der Waals surface area contributed by atoms with Crippen LogP contribution in [0.5, 0.6) is 5.75 Å². The second kappa shape index (κ2) is 8.78. The van der Waals surface area contributed by atoms with Gasteiger partial charge >= 0.3 is 0 Å². The number of hydrogen-bond acceptors (Lipinski definition) is 4. The van der Waals surface area contributed by atoms with Gasteiger partial charge in [0.25, 0.3) is 0 Å². The van der Waals surface area contributed by atoms with E-state index in [1.807, 2.05) is 12.1 Å². The summed E-state index contributed by atoms with van der Waals surface area (Å²) in [7, 11) is 1.55. The Hall–Kier alpha value is -3.02. The lowest BCUT2D eigenvalue weighted by Gasteiger charge is -2.37. The molecule has 1 fully saturated rings. The number of amides is 2. The van der Waals surface area contributed by atoms with Crippen LogP contribution in [-0.4, -0.2) is 50.0 Å². The Labute approximate surface area is 166 Å². The molecule has 3 rings (SSSR count). The molecule has 0 aliphatic carbocycles. The van der Waals surface area contributed by atoms with Gasteiger partial charge in [-0.15, -0.1) is 0 Å². The van der Waals surface area contributed by atoms with Crippen molar-refractivity contribution < 1.29 is 14.3 Å². The van der Waals surface area contributed by atoms with Gasteiger partial charge in [-0.05, 0) is 43.2 Å². The van der Waals surface area contributed by atoms with Crippen LogP contribution in [-0.2, 0) is 9.59 Å². The topological polar surface area (TPSA) is 61.9 Å². The average Bonchev–Trinajstić information content (AvgIpc) is 2.70. The van der Waals surface area contributed by atoms with Crippen molar-refractivity contribution in [3.63, 3.8) is 0 Å². The van der Waals surface area contributed by atoms with E-state index in [9.17, 15) is 9.59 Å². The third-order valence-electron chi connectivity index (χ3n) is 5.24. The summed E-state index contributed by atoms with van der Waals surface area (Å²) in [6.45, 7) is 7.01. The maximum absolute atomic E-state index is 12.5. The fraction of sp³-hybridized carbons (Fsp3) is 0.364. The molecule has 2 aromatic carbocycles. The maximum Gasteiger partial charge on any atom is 0.233 e. The molecule has 0 bridgehead atoms. The highest BCUT2D eigenvalue weighted by atomic mass is 16.5. The molecule has 0 radical (unpaired) electrons. The molecule has 2 aromatic rings. The molecular weight excluding hydrogens is 354 g/mol. The Balaban J connectivity index is 1.54. The van der Waals surface area contributed by atoms with Gasteiger partial charge in [-0.25, -0.2) is 0 Å². The quantitative estimate of drug-likeness (QED) is 0.809.